The molecule has 9 heteroatoms. The van der Waals surface area contributed by atoms with E-state index in [1.807, 2.05) is 36.4 Å². The average Bonchev–Trinajstić information content (AvgIpc) is 3.34. The van der Waals surface area contributed by atoms with Gasteiger partial charge in [-0.25, -0.2) is 0 Å². The first-order chi connectivity index (χ1) is 16.0. The number of para-hydroxylation sites is 1. The van der Waals surface area contributed by atoms with Crippen LogP contribution in [0.4, 0.5) is 0 Å². The molecule has 9 nitrogen and oxygen atoms in total. The first kappa shape index (κ1) is 23.7. The van der Waals surface area contributed by atoms with Crippen molar-refractivity contribution in [3.63, 3.8) is 0 Å². The van der Waals surface area contributed by atoms with E-state index >= 15 is 0 Å². The molecule has 2 aliphatic rings. The van der Waals surface area contributed by atoms with Crippen LogP contribution in [0.5, 0.6) is 17.2 Å². The van der Waals surface area contributed by atoms with Crippen LogP contribution in [0.2, 0.25) is 0 Å². The Morgan fingerprint density at radius 1 is 0.970 bits per heavy atom. The summed E-state index contributed by atoms with van der Waals surface area (Å²) in [5, 5.41) is 39.9. The lowest BCUT2D eigenvalue weighted by atomic mass is 9.99. The Labute approximate surface area is 192 Å². The zero-order valence-corrected chi connectivity index (χ0v) is 18.4. The molecular formula is C24H30O9. The highest BCUT2D eigenvalue weighted by molar-refractivity contribution is 5.49. The molecule has 0 bridgehead atoms. The van der Waals surface area contributed by atoms with Crippen LogP contribution < -0.4 is 14.2 Å². The smallest absolute Gasteiger partial charge is 0.229 e. The molecule has 4 N–H and O–H groups in total. The lowest BCUT2D eigenvalue weighted by Crippen LogP contribution is -2.60. The minimum Gasteiger partial charge on any atom is -0.493 e. The molecule has 2 aliphatic heterocycles. The van der Waals surface area contributed by atoms with Crippen molar-refractivity contribution < 1.29 is 44.1 Å². The van der Waals surface area contributed by atoms with E-state index in [1.54, 1.807) is 6.07 Å². The molecule has 2 aromatic carbocycles. The molecule has 2 saturated heterocycles. The summed E-state index contributed by atoms with van der Waals surface area (Å²) < 4.78 is 28.1. The Hall–Kier alpha value is -2.40. The van der Waals surface area contributed by atoms with Crippen molar-refractivity contribution >= 4 is 0 Å². The quantitative estimate of drug-likeness (QED) is 0.447. The summed E-state index contributed by atoms with van der Waals surface area (Å²) in [4.78, 5) is 0. The van der Waals surface area contributed by atoms with Gasteiger partial charge in [-0.05, 0) is 23.8 Å². The minimum absolute atomic E-state index is 0.0766. The van der Waals surface area contributed by atoms with Crippen molar-refractivity contribution in [3.8, 4) is 17.2 Å². The Morgan fingerprint density at radius 3 is 2.42 bits per heavy atom. The summed E-state index contributed by atoms with van der Waals surface area (Å²) in [6.07, 6.45) is -5.43. The lowest BCUT2D eigenvalue weighted by Gasteiger charge is -2.39. The van der Waals surface area contributed by atoms with Gasteiger partial charge >= 0.3 is 0 Å². The van der Waals surface area contributed by atoms with E-state index in [9.17, 15) is 20.4 Å². The summed E-state index contributed by atoms with van der Waals surface area (Å²) in [5.41, 5.74) is 1.76. The zero-order valence-electron chi connectivity index (χ0n) is 18.4. The largest absolute Gasteiger partial charge is 0.493 e. The zero-order chi connectivity index (χ0) is 23.4. The molecule has 2 fully saturated rings. The molecule has 33 heavy (non-hydrogen) atoms. The van der Waals surface area contributed by atoms with Crippen LogP contribution in [0.15, 0.2) is 42.5 Å². The van der Waals surface area contributed by atoms with Gasteiger partial charge in [0.05, 0.1) is 26.9 Å². The van der Waals surface area contributed by atoms with Gasteiger partial charge in [-0.1, -0.05) is 24.3 Å². The van der Waals surface area contributed by atoms with E-state index < -0.39 is 37.3 Å². The average molecular weight is 462 g/mol. The highest BCUT2D eigenvalue weighted by Crippen LogP contribution is 2.36. The van der Waals surface area contributed by atoms with Crippen LogP contribution >= 0.6 is 0 Å². The minimum atomic E-state index is -1.53. The van der Waals surface area contributed by atoms with Gasteiger partial charge in [0.25, 0.3) is 0 Å². The number of aliphatic hydroxyl groups is 4. The molecule has 1 unspecified atom stereocenters. The van der Waals surface area contributed by atoms with Crippen molar-refractivity contribution in [3.05, 3.63) is 53.6 Å². The van der Waals surface area contributed by atoms with Crippen LogP contribution in [-0.2, 0) is 15.9 Å². The fraction of sp³-hybridized carbons (Fsp3) is 0.500. The predicted molar refractivity (Wildman–Crippen MR) is 116 cm³/mol. The van der Waals surface area contributed by atoms with Crippen LogP contribution in [0.25, 0.3) is 0 Å². The molecule has 2 heterocycles. The molecule has 0 saturated carbocycles. The topological polar surface area (TPSA) is 127 Å². The Balaban J connectivity index is 1.51. The van der Waals surface area contributed by atoms with Crippen molar-refractivity contribution in [2.75, 3.05) is 26.9 Å². The van der Waals surface area contributed by atoms with Gasteiger partial charge in [0.15, 0.2) is 11.5 Å². The number of benzene rings is 2. The van der Waals surface area contributed by atoms with Gasteiger partial charge in [-0.2, -0.15) is 0 Å². The molecule has 0 aliphatic carbocycles. The van der Waals surface area contributed by atoms with Gasteiger partial charge < -0.3 is 44.1 Å². The van der Waals surface area contributed by atoms with E-state index in [0.717, 1.165) is 29.9 Å². The maximum Gasteiger partial charge on any atom is 0.229 e. The van der Waals surface area contributed by atoms with E-state index in [1.165, 1.54) is 7.11 Å². The molecule has 6 atom stereocenters. The van der Waals surface area contributed by atoms with Crippen LogP contribution in [0, 0.1) is 0 Å². The van der Waals surface area contributed by atoms with Gasteiger partial charge in [-0.3, -0.25) is 0 Å². The third kappa shape index (κ3) is 5.40. The van der Waals surface area contributed by atoms with Crippen molar-refractivity contribution in [1.82, 2.24) is 0 Å². The monoisotopic (exact) mass is 462 g/mol. The van der Waals surface area contributed by atoms with E-state index in [4.69, 9.17) is 23.7 Å². The normalized spacial score (nSPS) is 29.6. The second-order valence-corrected chi connectivity index (χ2v) is 8.19. The maximum absolute atomic E-state index is 10.4. The first-order valence-corrected chi connectivity index (χ1v) is 11.0. The van der Waals surface area contributed by atoms with Crippen LogP contribution in [0.1, 0.15) is 17.5 Å². The Bertz CT molecular complexity index is 895. The molecule has 180 valence electrons. The number of ether oxygens (including phenoxy) is 5. The Kier molecular flexibility index (Phi) is 7.69. The number of rotatable bonds is 8. The SMILES string of the molecule is COc1cccc(Cc2ccc(OC3CCOC3)cc2)c1O[C@@H]1O[C@H](CO)[C@@H](O)[C@H](O)[C@H]1O. The van der Waals surface area contributed by atoms with Crippen molar-refractivity contribution in [1.29, 1.82) is 0 Å². The standard InChI is InChI=1S/C24H30O9/c1-29-18-4-2-3-15(11-14-5-7-16(8-6-14)31-17-9-10-30-13-17)23(18)33-24-22(28)21(27)20(26)19(12-25)32-24/h2-8,17,19-22,24-28H,9-13H2,1H3/t17?,19-,20-,21+,22-,24+/m1/s1. The summed E-state index contributed by atoms with van der Waals surface area (Å²) in [6, 6.07) is 13.1. The molecule has 0 radical (unpaired) electrons. The molecule has 0 amide bonds. The summed E-state index contributed by atoms with van der Waals surface area (Å²) in [5.74, 6) is 1.54. The maximum atomic E-state index is 10.4. The molecule has 2 aromatic rings. The number of hydrogen-bond donors (Lipinski definition) is 4. The summed E-state index contributed by atoms with van der Waals surface area (Å²) in [7, 11) is 1.50. The first-order valence-electron chi connectivity index (χ1n) is 11.0. The molecular weight excluding hydrogens is 432 g/mol. The van der Waals surface area contributed by atoms with E-state index in [-0.39, 0.29) is 6.10 Å². The van der Waals surface area contributed by atoms with Crippen molar-refractivity contribution in [2.24, 2.45) is 0 Å². The molecule has 4 rings (SSSR count). The fourth-order valence-electron chi connectivity index (χ4n) is 3.98. The van der Waals surface area contributed by atoms with Gasteiger partial charge in [0, 0.05) is 18.4 Å². The third-order valence-corrected chi connectivity index (χ3v) is 5.87. The second kappa shape index (κ2) is 10.7. The van der Waals surface area contributed by atoms with Gasteiger partial charge in [0.2, 0.25) is 6.29 Å². The number of hydrogen-bond acceptors (Lipinski definition) is 9. The van der Waals surface area contributed by atoms with Gasteiger partial charge in [0.1, 0.15) is 36.3 Å². The predicted octanol–water partition coefficient (Wildman–Crippen LogP) is 0.632. The van der Waals surface area contributed by atoms with Crippen LogP contribution in [-0.4, -0.2) is 84.2 Å². The molecule has 0 aromatic heterocycles. The second-order valence-electron chi connectivity index (χ2n) is 8.19. The summed E-state index contributed by atoms with van der Waals surface area (Å²) >= 11 is 0. The fourth-order valence-corrected chi connectivity index (χ4v) is 3.98. The lowest BCUT2D eigenvalue weighted by molar-refractivity contribution is -0.277. The molecule has 0 spiro atoms. The number of aliphatic hydroxyl groups excluding tert-OH is 4. The van der Waals surface area contributed by atoms with E-state index in [0.29, 0.717) is 24.5 Å². The van der Waals surface area contributed by atoms with Gasteiger partial charge in [-0.15, -0.1) is 0 Å². The highest BCUT2D eigenvalue weighted by atomic mass is 16.7. The van der Waals surface area contributed by atoms with Crippen molar-refractivity contribution in [2.45, 2.75) is 49.7 Å². The third-order valence-electron chi connectivity index (χ3n) is 5.87. The van der Waals surface area contributed by atoms with E-state index in [2.05, 4.69) is 0 Å². The Morgan fingerprint density at radius 2 is 1.76 bits per heavy atom. The van der Waals surface area contributed by atoms with Crippen LogP contribution in [0.3, 0.4) is 0 Å². The number of methoxy groups -OCH3 is 1. The summed E-state index contributed by atoms with van der Waals surface area (Å²) in [6.45, 7) is 0.783. The highest BCUT2D eigenvalue weighted by Gasteiger charge is 2.45.